The second-order valence-electron chi connectivity index (χ2n) is 5.65. The van der Waals surface area contributed by atoms with Crippen LogP contribution in [0.5, 0.6) is 23.3 Å². The van der Waals surface area contributed by atoms with E-state index < -0.39 is 0 Å². The molecule has 7 nitrogen and oxygen atoms in total. The number of hydrogen-bond acceptors (Lipinski definition) is 7. The summed E-state index contributed by atoms with van der Waals surface area (Å²) in [6, 6.07) is 3.82. The van der Waals surface area contributed by atoms with Crippen molar-refractivity contribution in [2.75, 3.05) is 28.4 Å². The molecule has 1 saturated heterocycles. The summed E-state index contributed by atoms with van der Waals surface area (Å²) in [4.78, 5) is 8.57. The van der Waals surface area contributed by atoms with Gasteiger partial charge in [0.05, 0.1) is 40.6 Å². The third-order valence-electron chi connectivity index (χ3n) is 4.27. The van der Waals surface area contributed by atoms with Gasteiger partial charge in [-0.05, 0) is 25.0 Å². The summed E-state index contributed by atoms with van der Waals surface area (Å²) in [6.45, 7) is 0. The molecule has 0 aromatic carbocycles. The average Bonchev–Trinajstić information content (AvgIpc) is 3.17. The maximum Gasteiger partial charge on any atom is 0.256 e. The van der Waals surface area contributed by atoms with E-state index in [2.05, 4.69) is 9.97 Å². The van der Waals surface area contributed by atoms with Crippen molar-refractivity contribution in [3.63, 3.8) is 0 Å². The largest absolute Gasteiger partial charge is 0.491 e. The molecule has 1 fully saturated rings. The number of hydrogen-bond donors (Lipinski definition) is 0. The first kappa shape index (κ1) is 17.3. The lowest BCUT2D eigenvalue weighted by atomic mass is 10.1. The monoisotopic (exact) mass is 346 g/mol. The number of rotatable bonds is 6. The number of pyridine rings is 2. The van der Waals surface area contributed by atoms with Crippen LogP contribution < -0.4 is 18.9 Å². The van der Waals surface area contributed by atoms with E-state index in [-0.39, 0.29) is 12.2 Å². The van der Waals surface area contributed by atoms with E-state index in [1.807, 2.05) is 12.1 Å². The molecule has 2 aromatic rings. The molecule has 2 aromatic heterocycles. The van der Waals surface area contributed by atoms with Crippen LogP contribution in [0.1, 0.15) is 36.2 Å². The minimum Gasteiger partial charge on any atom is -0.491 e. The Hall–Kier alpha value is -2.54. The summed E-state index contributed by atoms with van der Waals surface area (Å²) >= 11 is 0. The summed E-state index contributed by atoms with van der Waals surface area (Å²) in [6.07, 6.45) is 5.20. The van der Waals surface area contributed by atoms with E-state index >= 15 is 0 Å². The number of aromatic nitrogens is 2. The Kier molecular flexibility index (Phi) is 5.23. The fourth-order valence-corrected chi connectivity index (χ4v) is 2.97. The Balaban J connectivity index is 1.78. The van der Waals surface area contributed by atoms with E-state index in [9.17, 15) is 0 Å². The molecule has 0 saturated carbocycles. The lowest BCUT2D eigenvalue weighted by Crippen LogP contribution is -2.03. The molecule has 7 heteroatoms. The van der Waals surface area contributed by atoms with Gasteiger partial charge in [-0.2, -0.15) is 0 Å². The van der Waals surface area contributed by atoms with Crippen LogP contribution >= 0.6 is 0 Å². The van der Waals surface area contributed by atoms with E-state index in [0.717, 1.165) is 24.0 Å². The fourth-order valence-electron chi connectivity index (χ4n) is 2.97. The second kappa shape index (κ2) is 7.57. The Morgan fingerprint density at radius 2 is 1.20 bits per heavy atom. The molecular weight excluding hydrogens is 324 g/mol. The van der Waals surface area contributed by atoms with Gasteiger partial charge in [0.1, 0.15) is 0 Å². The maximum absolute atomic E-state index is 6.21. The van der Waals surface area contributed by atoms with Crippen LogP contribution in [0.4, 0.5) is 0 Å². The summed E-state index contributed by atoms with van der Waals surface area (Å²) in [5.74, 6) is 2.12. The average molecular weight is 346 g/mol. The van der Waals surface area contributed by atoms with E-state index in [4.69, 9.17) is 23.7 Å². The molecule has 0 bridgehead atoms. The molecule has 1 aliphatic rings. The van der Waals surface area contributed by atoms with Crippen LogP contribution in [0, 0.1) is 0 Å². The van der Waals surface area contributed by atoms with Crippen LogP contribution in [0.15, 0.2) is 24.5 Å². The molecule has 2 unspecified atom stereocenters. The molecule has 3 rings (SSSR count). The fraction of sp³-hybridized carbons (Fsp3) is 0.444. The minimum atomic E-state index is -0.0506. The quantitative estimate of drug-likeness (QED) is 0.796. The summed E-state index contributed by atoms with van der Waals surface area (Å²) < 4.78 is 27.2. The third kappa shape index (κ3) is 3.46. The molecular formula is C18H22N2O5. The highest BCUT2D eigenvalue weighted by Gasteiger charge is 2.29. The van der Waals surface area contributed by atoms with Gasteiger partial charge in [0, 0.05) is 23.5 Å². The minimum absolute atomic E-state index is 0.0506. The zero-order chi connectivity index (χ0) is 17.8. The van der Waals surface area contributed by atoms with Gasteiger partial charge in [0.25, 0.3) is 11.8 Å². The smallest absolute Gasteiger partial charge is 0.256 e. The van der Waals surface area contributed by atoms with Crippen molar-refractivity contribution in [2.24, 2.45) is 0 Å². The van der Waals surface area contributed by atoms with E-state index in [1.165, 1.54) is 0 Å². The van der Waals surface area contributed by atoms with Crippen molar-refractivity contribution in [3.05, 3.63) is 35.7 Å². The Bertz CT molecular complexity index is 676. The molecule has 2 atom stereocenters. The van der Waals surface area contributed by atoms with Crippen LogP contribution in [0.3, 0.4) is 0 Å². The van der Waals surface area contributed by atoms with Gasteiger partial charge in [0.15, 0.2) is 11.5 Å². The summed E-state index contributed by atoms with van der Waals surface area (Å²) in [5, 5.41) is 0. The zero-order valence-corrected chi connectivity index (χ0v) is 14.8. The van der Waals surface area contributed by atoms with Crippen molar-refractivity contribution < 1.29 is 23.7 Å². The van der Waals surface area contributed by atoms with Gasteiger partial charge in [-0.1, -0.05) is 0 Å². The molecule has 3 heterocycles. The highest BCUT2D eigenvalue weighted by molar-refractivity contribution is 5.39. The van der Waals surface area contributed by atoms with Crippen LogP contribution in [-0.2, 0) is 4.74 Å². The van der Waals surface area contributed by atoms with Gasteiger partial charge >= 0.3 is 0 Å². The molecule has 0 radical (unpaired) electrons. The maximum atomic E-state index is 6.21. The highest BCUT2D eigenvalue weighted by Crippen LogP contribution is 2.43. The number of methoxy groups -OCH3 is 4. The van der Waals surface area contributed by atoms with Crippen molar-refractivity contribution in [1.29, 1.82) is 0 Å². The Morgan fingerprint density at radius 3 is 1.56 bits per heavy atom. The number of ether oxygens (including phenoxy) is 5. The zero-order valence-electron chi connectivity index (χ0n) is 14.8. The first-order chi connectivity index (χ1) is 12.2. The first-order valence-electron chi connectivity index (χ1n) is 8.01. The Morgan fingerprint density at radius 1 is 0.760 bits per heavy atom. The lowest BCUT2D eigenvalue weighted by molar-refractivity contribution is 0.0433. The van der Waals surface area contributed by atoms with Gasteiger partial charge in [0.2, 0.25) is 0 Å². The van der Waals surface area contributed by atoms with Gasteiger partial charge < -0.3 is 23.7 Å². The van der Waals surface area contributed by atoms with Gasteiger partial charge in [-0.3, -0.25) is 0 Å². The predicted molar refractivity (Wildman–Crippen MR) is 90.5 cm³/mol. The van der Waals surface area contributed by atoms with E-state index in [1.54, 1.807) is 40.8 Å². The second-order valence-corrected chi connectivity index (χ2v) is 5.65. The first-order valence-corrected chi connectivity index (χ1v) is 8.01. The van der Waals surface area contributed by atoms with E-state index in [0.29, 0.717) is 23.3 Å². The normalized spacial score (nSPS) is 19.5. The standard InChI is InChI=1S/C18H22N2O5/c1-21-15-7-11(9-19-17(15)23-3)13-5-6-14(25-13)12-8-16(22-2)18(24-4)20-10-12/h7-10,13-14H,5-6H2,1-4H3. The molecule has 0 N–H and O–H groups in total. The van der Waals surface area contributed by atoms with Gasteiger partial charge in [-0.15, -0.1) is 0 Å². The van der Waals surface area contributed by atoms with Crippen molar-refractivity contribution in [1.82, 2.24) is 9.97 Å². The molecule has 0 amide bonds. The SMILES string of the molecule is COc1cc(C2CCC(c3cnc(OC)c(OC)c3)O2)cnc1OC. The van der Waals surface area contributed by atoms with Crippen molar-refractivity contribution in [2.45, 2.75) is 25.0 Å². The van der Waals surface area contributed by atoms with Crippen LogP contribution in [-0.4, -0.2) is 38.4 Å². The molecule has 0 spiro atoms. The predicted octanol–water partition coefficient (Wildman–Crippen LogP) is 3.10. The number of nitrogens with zero attached hydrogens (tertiary/aromatic N) is 2. The molecule has 0 aliphatic carbocycles. The summed E-state index contributed by atoms with van der Waals surface area (Å²) in [5.41, 5.74) is 1.93. The van der Waals surface area contributed by atoms with Gasteiger partial charge in [-0.25, -0.2) is 9.97 Å². The molecule has 1 aliphatic heterocycles. The van der Waals surface area contributed by atoms with Crippen LogP contribution in [0.25, 0.3) is 0 Å². The lowest BCUT2D eigenvalue weighted by Gasteiger charge is -2.16. The topological polar surface area (TPSA) is 71.9 Å². The third-order valence-corrected chi connectivity index (χ3v) is 4.27. The van der Waals surface area contributed by atoms with Crippen molar-refractivity contribution >= 4 is 0 Å². The molecule has 134 valence electrons. The molecule has 25 heavy (non-hydrogen) atoms. The van der Waals surface area contributed by atoms with Crippen molar-refractivity contribution in [3.8, 4) is 23.3 Å². The van der Waals surface area contributed by atoms with Crippen LogP contribution in [0.2, 0.25) is 0 Å². The summed E-state index contributed by atoms with van der Waals surface area (Å²) in [7, 11) is 6.32. The Labute approximate surface area is 146 Å². The highest BCUT2D eigenvalue weighted by atomic mass is 16.5.